The van der Waals surface area contributed by atoms with Crippen molar-refractivity contribution in [1.82, 2.24) is 4.90 Å². The minimum atomic E-state index is 0.696. The van der Waals surface area contributed by atoms with Crippen molar-refractivity contribution in [2.24, 2.45) is 5.41 Å². The van der Waals surface area contributed by atoms with Gasteiger partial charge in [0.15, 0.2) is 0 Å². The first-order valence-electron chi connectivity index (χ1n) is 7.43. The largest absolute Gasteiger partial charge is 0.399 e. The van der Waals surface area contributed by atoms with Gasteiger partial charge in [0, 0.05) is 17.3 Å². The van der Waals surface area contributed by atoms with Crippen LogP contribution in [-0.2, 0) is 6.54 Å². The number of benzene rings is 1. The highest BCUT2D eigenvalue weighted by atomic mass is 35.5. The molecule has 19 heavy (non-hydrogen) atoms. The van der Waals surface area contributed by atoms with Crippen molar-refractivity contribution in [3.8, 4) is 0 Å². The van der Waals surface area contributed by atoms with Crippen molar-refractivity contribution < 1.29 is 0 Å². The summed E-state index contributed by atoms with van der Waals surface area (Å²) in [6.07, 6.45) is 8.57. The van der Waals surface area contributed by atoms with Crippen LogP contribution in [0.2, 0.25) is 5.02 Å². The van der Waals surface area contributed by atoms with Crippen LogP contribution in [0.25, 0.3) is 0 Å². The molecule has 2 aliphatic rings. The lowest BCUT2D eigenvalue weighted by atomic mass is 9.77. The van der Waals surface area contributed by atoms with Gasteiger partial charge in [0.05, 0.1) is 0 Å². The lowest BCUT2D eigenvalue weighted by Gasteiger charge is -2.39. The third-order valence-electron chi connectivity index (χ3n) is 5.05. The average Bonchev–Trinajstić information content (AvgIpc) is 2.84. The molecule has 3 rings (SSSR count). The lowest BCUT2D eigenvalue weighted by Crippen LogP contribution is -2.38. The third kappa shape index (κ3) is 2.90. The first-order valence-corrected chi connectivity index (χ1v) is 7.81. The standard InChI is InChI=1S/C16H23ClN2/c17-15-11-14(18)4-3-13(15)12-19-9-7-16(8-10-19)5-1-2-6-16/h3-4,11H,1-2,5-10,12,18H2. The van der Waals surface area contributed by atoms with Gasteiger partial charge >= 0.3 is 0 Å². The zero-order valence-corrected chi connectivity index (χ0v) is 12.3. The van der Waals surface area contributed by atoms with E-state index in [1.165, 1.54) is 57.2 Å². The summed E-state index contributed by atoms with van der Waals surface area (Å²) in [7, 11) is 0. The molecule has 1 saturated heterocycles. The van der Waals surface area contributed by atoms with E-state index in [4.69, 9.17) is 17.3 Å². The van der Waals surface area contributed by atoms with Crippen LogP contribution in [0.3, 0.4) is 0 Å². The zero-order valence-electron chi connectivity index (χ0n) is 11.5. The normalized spacial score (nSPS) is 23.0. The Labute approximate surface area is 120 Å². The van der Waals surface area contributed by atoms with Gasteiger partial charge in [-0.15, -0.1) is 0 Å². The molecule has 2 fully saturated rings. The van der Waals surface area contributed by atoms with Crippen LogP contribution in [0, 0.1) is 5.41 Å². The molecule has 0 aromatic heterocycles. The fourth-order valence-electron chi connectivity index (χ4n) is 3.74. The number of rotatable bonds is 2. The number of nitrogen functional groups attached to an aromatic ring is 1. The molecule has 2 nitrogen and oxygen atoms in total. The highest BCUT2D eigenvalue weighted by molar-refractivity contribution is 6.31. The minimum Gasteiger partial charge on any atom is -0.399 e. The van der Waals surface area contributed by atoms with Crippen LogP contribution >= 0.6 is 11.6 Å². The van der Waals surface area contributed by atoms with Crippen molar-refractivity contribution in [3.63, 3.8) is 0 Å². The molecular weight excluding hydrogens is 256 g/mol. The van der Waals surface area contributed by atoms with E-state index in [1.54, 1.807) is 0 Å². The molecule has 0 radical (unpaired) electrons. The topological polar surface area (TPSA) is 29.3 Å². The smallest absolute Gasteiger partial charge is 0.0471 e. The van der Waals surface area contributed by atoms with Gasteiger partial charge in [-0.1, -0.05) is 30.5 Å². The SMILES string of the molecule is Nc1ccc(CN2CCC3(CCCC3)CC2)c(Cl)c1. The fraction of sp³-hybridized carbons (Fsp3) is 0.625. The van der Waals surface area contributed by atoms with Crippen molar-refractivity contribution >= 4 is 17.3 Å². The number of hydrogen-bond acceptors (Lipinski definition) is 2. The number of piperidine rings is 1. The Kier molecular flexibility index (Phi) is 3.72. The summed E-state index contributed by atoms with van der Waals surface area (Å²) < 4.78 is 0. The maximum absolute atomic E-state index is 6.26. The Morgan fingerprint density at radius 2 is 1.79 bits per heavy atom. The van der Waals surface area contributed by atoms with Crippen molar-refractivity contribution in [2.45, 2.75) is 45.1 Å². The molecule has 1 saturated carbocycles. The Morgan fingerprint density at radius 3 is 2.42 bits per heavy atom. The summed E-state index contributed by atoms with van der Waals surface area (Å²) in [5.74, 6) is 0. The molecule has 0 amide bonds. The van der Waals surface area contributed by atoms with Gasteiger partial charge in [-0.25, -0.2) is 0 Å². The van der Waals surface area contributed by atoms with E-state index in [0.717, 1.165) is 17.3 Å². The number of anilines is 1. The summed E-state index contributed by atoms with van der Waals surface area (Å²) >= 11 is 6.26. The second-order valence-corrected chi connectivity index (χ2v) is 6.74. The first-order chi connectivity index (χ1) is 9.17. The highest BCUT2D eigenvalue weighted by Gasteiger charge is 2.36. The lowest BCUT2D eigenvalue weighted by molar-refractivity contribution is 0.103. The summed E-state index contributed by atoms with van der Waals surface area (Å²) in [5, 5.41) is 0.807. The van der Waals surface area contributed by atoms with Crippen molar-refractivity contribution in [1.29, 1.82) is 0 Å². The Balaban J connectivity index is 1.60. The maximum atomic E-state index is 6.26. The zero-order chi connectivity index (χ0) is 13.3. The first kappa shape index (κ1) is 13.3. The predicted octanol–water partition coefficient (Wildman–Crippen LogP) is 4.08. The molecule has 3 heteroatoms. The maximum Gasteiger partial charge on any atom is 0.0471 e. The molecule has 104 valence electrons. The van der Waals surface area contributed by atoms with Gasteiger partial charge in [0.2, 0.25) is 0 Å². The van der Waals surface area contributed by atoms with Gasteiger partial charge in [0.1, 0.15) is 0 Å². The fourth-order valence-corrected chi connectivity index (χ4v) is 3.99. The van der Waals surface area contributed by atoms with Crippen LogP contribution in [0.4, 0.5) is 5.69 Å². The number of nitrogens with two attached hydrogens (primary N) is 1. The van der Waals surface area contributed by atoms with E-state index >= 15 is 0 Å². The molecule has 1 aliphatic heterocycles. The van der Waals surface area contributed by atoms with Crippen LogP contribution in [-0.4, -0.2) is 18.0 Å². The second-order valence-electron chi connectivity index (χ2n) is 6.33. The van der Waals surface area contributed by atoms with Gasteiger partial charge < -0.3 is 5.73 Å². The molecule has 1 aliphatic carbocycles. The minimum absolute atomic E-state index is 0.696. The molecule has 0 atom stereocenters. The molecule has 2 N–H and O–H groups in total. The number of likely N-dealkylation sites (tertiary alicyclic amines) is 1. The number of halogens is 1. The van der Waals surface area contributed by atoms with Gasteiger partial charge in [-0.05, 0) is 61.9 Å². The van der Waals surface area contributed by atoms with E-state index in [-0.39, 0.29) is 0 Å². The van der Waals surface area contributed by atoms with Crippen molar-refractivity contribution in [3.05, 3.63) is 28.8 Å². The van der Waals surface area contributed by atoms with E-state index in [2.05, 4.69) is 11.0 Å². The van der Waals surface area contributed by atoms with Gasteiger partial charge in [-0.2, -0.15) is 0 Å². The van der Waals surface area contributed by atoms with Gasteiger partial charge in [0.25, 0.3) is 0 Å². The van der Waals surface area contributed by atoms with E-state index in [1.807, 2.05) is 12.1 Å². The Morgan fingerprint density at radius 1 is 1.11 bits per heavy atom. The van der Waals surface area contributed by atoms with E-state index in [0.29, 0.717) is 5.41 Å². The average molecular weight is 279 g/mol. The molecule has 1 heterocycles. The number of nitrogens with zero attached hydrogens (tertiary/aromatic N) is 1. The van der Waals surface area contributed by atoms with Crippen LogP contribution < -0.4 is 5.73 Å². The summed E-state index contributed by atoms with van der Waals surface area (Å²) in [6.45, 7) is 3.41. The molecule has 1 aromatic carbocycles. The second kappa shape index (κ2) is 5.34. The van der Waals surface area contributed by atoms with Crippen molar-refractivity contribution in [2.75, 3.05) is 18.8 Å². The van der Waals surface area contributed by atoms with Crippen LogP contribution in [0.15, 0.2) is 18.2 Å². The molecule has 0 unspecified atom stereocenters. The highest BCUT2D eigenvalue weighted by Crippen LogP contribution is 2.46. The quantitative estimate of drug-likeness (QED) is 0.826. The van der Waals surface area contributed by atoms with Crippen LogP contribution in [0.1, 0.15) is 44.1 Å². The van der Waals surface area contributed by atoms with Crippen LogP contribution in [0.5, 0.6) is 0 Å². The summed E-state index contributed by atoms with van der Waals surface area (Å²) in [6, 6.07) is 5.88. The van der Waals surface area contributed by atoms with Gasteiger partial charge in [-0.3, -0.25) is 4.90 Å². The van der Waals surface area contributed by atoms with E-state index < -0.39 is 0 Å². The monoisotopic (exact) mass is 278 g/mol. The Bertz CT molecular complexity index is 442. The summed E-state index contributed by atoms with van der Waals surface area (Å²) in [4.78, 5) is 2.54. The predicted molar refractivity (Wildman–Crippen MR) is 81.3 cm³/mol. The Hall–Kier alpha value is -0.730. The molecule has 0 bridgehead atoms. The third-order valence-corrected chi connectivity index (χ3v) is 5.40. The molecular formula is C16H23ClN2. The van der Waals surface area contributed by atoms with E-state index in [9.17, 15) is 0 Å². The summed E-state index contributed by atoms with van der Waals surface area (Å²) in [5.41, 5.74) is 8.39. The molecule has 1 spiro atoms. The number of hydrogen-bond donors (Lipinski definition) is 1. The molecule has 1 aromatic rings.